The molecule has 0 bridgehead atoms. The first kappa shape index (κ1) is 15.5. The molecule has 2 unspecified atom stereocenters. The minimum Gasteiger partial charge on any atom is -0.380 e. The summed E-state index contributed by atoms with van der Waals surface area (Å²) in [6.07, 6.45) is 2.70. The van der Waals surface area contributed by atoms with Crippen LogP contribution in [0, 0.1) is 12.8 Å². The highest BCUT2D eigenvalue weighted by atomic mass is 16.5. The van der Waals surface area contributed by atoms with E-state index in [4.69, 9.17) is 10.5 Å². The monoisotopic (exact) mass is 276 g/mol. The Bertz CT molecular complexity index is 415. The normalized spacial score (nSPS) is 18.2. The van der Waals surface area contributed by atoms with E-state index in [2.05, 4.69) is 50.1 Å². The van der Waals surface area contributed by atoms with Gasteiger partial charge in [-0.2, -0.15) is 0 Å². The van der Waals surface area contributed by atoms with Gasteiger partial charge in [0.05, 0.1) is 6.61 Å². The van der Waals surface area contributed by atoms with Gasteiger partial charge in [0.15, 0.2) is 0 Å². The maximum atomic E-state index is 6.22. The second kappa shape index (κ2) is 7.21. The molecule has 1 fully saturated rings. The van der Waals surface area contributed by atoms with E-state index in [1.807, 2.05) is 0 Å². The van der Waals surface area contributed by atoms with E-state index in [1.54, 1.807) is 0 Å². The summed E-state index contributed by atoms with van der Waals surface area (Å²) in [4.78, 5) is 2.32. The van der Waals surface area contributed by atoms with Crippen molar-refractivity contribution in [1.29, 1.82) is 0 Å². The Morgan fingerprint density at radius 2 is 2.05 bits per heavy atom. The summed E-state index contributed by atoms with van der Waals surface area (Å²) in [7, 11) is 2.14. The van der Waals surface area contributed by atoms with Crippen LogP contribution in [-0.4, -0.2) is 37.7 Å². The maximum absolute atomic E-state index is 6.22. The summed E-state index contributed by atoms with van der Waals surface area (Å²) >= 11 is 0. The smallest absolute Gasteiger partial charge is 0.0593 e. The summed E-state index contributed by atoms with van der Waals surface area (Å²) < 4.78 is 5.74. The van der Waals surface area contributed by atoms with Crippen molar-refractivity contribution in [1.82, 2.24) is 4.90 Å². The van der Waals surface area contributed by atoms with Gasteiger partial charge in [-0.25, -0.2) is 0 Å². The fourth-order valence-electron chi connectivity index (χ4n) is 2.72. The lowest BCUT2D eigenvalue weighted by Gasteiger charge is -2.32. The average molecular weight is 276 g/mol. The van der Waals surface area contributed by atoms with Gasteiger partial charge in [0.1, 0.15) is 0 Å². The highest BCUT2D eigenvalue weighted by Crippen LogP contribution is 2.29. The van der Waals surface area contributed by atoms with E-state index in [0.29, 0.717) is 0 Å². The maximum Gasteiger partial charge on any atom is 0.0593 e. The summed E-state index contributed by atoms with van der Waals surface area (Å²) in [6, 6.07) is 8.86. The van der Waals surface area contributed by atoms with Crippen LogP contribution in [0.4, 0.5) is 0 Å². The van der Waals surface area contributed by atoms with Crippen LogP contribution < -0.4 is 5.73 Å². The second-order valence-corrected chi connectivity index (χ2v) is 6.16. The van der Waals surface area contributed by atoms with E-state index in [9.17, 15) is 0 Å². The Hall–Kier alpha value is -0.900. The van der Waals surface area contributed by atoms with Crippen LogP contribution in [0.2, 0.25) is 0 Å². The molecule has 0 aromatic heterocycles. The fourth-order valence-corrected chi connectivity index (χ4v) is 2.72. The number of nitrogens with two attached hydrogens (primary N) is 1. The summed E-state index contributed by atoms with van der Waals surface area (Å²) in [5, 5.41) is 0. The molecular formula is C17H28N2O. The zero-order chi connectivity index (χ0) is 14.5. The molecule has 0 amide bonds. The SMILES string of the molecule is Cc1ccccc1C(C(C)N)N(C)CCOCC1CC1. The zero-order valence-corrected chi connectivity index (χ0v) is 13.0. The lowest BCUT2D eigenvalue weighted by Crippen LogP contribution is -2.39. The molecule has 2 atom stereocenters. The van der Waals surface area contributed by atoms with Crippen LogP contribution in [0.3, 0.4) is 0 Å². The van der Waals surface area contributed by atoms with Gasteiger partial charge in [0.2, 0.25) is 0 Å². The number of nitrogens with zero attached hydrogens (tertiary/aromatic N) is 1. The second-order valence-electron chi connectivity index (χ2n) is 6.16. The topological polar surface area (TPSA) is 38.5 Å². The standard InChI is InChI=1S/C17H28N2O/c1-13-6-4-5-7-16(13)17(14(2)18)19(3)10-11-20-12-15-8-9-15/h4-7,14-15,17H,8-12,18H2,1-3H3. The third-order valence-corrected chi connectivity index (χ3v) is 4.12. The minimum atomic E-state index is 0.101. The van der Waals surface area contributed by atoms with Crippen molar-refractivity contribution in [2.45, 2.75) is 38.8 Å². The van der Waals surface area contributed by atoms with E-state index in [-0.39, 0.29) is 12.1 Å². The third-order valence-electron chi connectivity index (χ3n) is 4.12. The Morgan fingerprint density at radius 3 is 2.65 bits per heavy atom. The van der Waals surface area contributed by atoms with Gasteiger partial charge >= 0.3 is 0 Å². The van der Waals surface area contributed by atoms with Crippen molar-refractivity contribution in [3.05, 3.63) is 35.4 Å². The van der Waals surface area contributed by atoms with Crippen LogP contribution in [-0.2, 0) is 4.74 Å². The first-order valence-electron chi connectivity index (χ1n) is 7.68. The molecule has 1 aliphatic rings. The van der Waals surface area contributed by atoms with Crippen molar-refractivity contribution >= 4 is 0 Å². The highest BCUT2D eigenvalue weighted by Gasteiger charge is 2.23. The van der Waals surface area contributed by atoms with Gasteiger partial charge in [0, 0.05) is 25.2 Å². The van der Waals surface area contributed by atoms with Gasteiger partial charge in [0.25, 0.3) is 0 Å². The van der Waals surface area contributed by atoms with Gasteiger partial charge in [-0.3, -0.25) is 4.90 Å². The summed E-state index contributed by atoms with van der Waals surface area (Å²) in [5.74, 6) is 0.834. The largest absolute Gasteiger partial charge is 0.380 e. The Kier molecular flexibility index (Phi) is 5.58. The van der Waals surface area contributed by atoms with Crippen molar-refractivity contribution in [2.75, 3.05) is 26.8 Å². The predicted octanol–water partition coefficient (Wildman–Crippen LogP) is 2.74. The molecule has 20 heavy (non-hydrogen) atoms. The van der Waals surface area contributed by atoms with E-state index in [0.717, 1.165) is 25.7 Å². The van der Waals surface area contributed by atoms with E-state index < -0.39 is 0 Å². The molecular weight excluding hydrogens is 248 g/mol. The number of likely N-dealkylation sites (N-methyl/N-ethyl adjacent to an activating group) is 1. The molecule has 1 saturated carbocycles. The molecule has 1 aromatic carbocycles. The van der Waals surface area contributed by atoms with Crippen molar-refractivity contribution in [3.63, 3.8) is 0 Å². The first-order valence-corrected chi connectivity index (χ1v) is 7.68. The Morgan fingerprint density at radius 1 is 1.35 bits per heavy atom. The van der Waals surface area contributed by atoms with Crippen LogP contribution in [0.15, 0.2) is 24.3 Å². The van der Waals surface area contributed by atoms with Crippen molar-refractivity contribution < 1.29 is 4.74 Å². The van der Waals surface area contributed by atoms with Crippen molar-refractivity contribution in [2.24, 2.45) is 11.7 Å². The predicted molar refractivity (Wildman–Crippen MR) is 83.7 cm³/mol. The van der Waals surface area contributed by atoms with Gasteiger partial charge in [-0.1, -0.05) is 24.3 Å². The number of aryl methyl sites for hydroxylation is 1. The molecule has 2 N–H and O–H groups in total. The van der Waals surface area contributed by atoms with Crippen molar-refractivity contribution in [3.8, 4) is 0 Å². The molecule has 0 saturated heterocycles. The molecule has 0 radical (unpaired) electrons. The highest BCUT2D eigenvalue weighted by molar-refractivity contribution is 5.29. The van der Waals surface area contributed by atoms with Crippen LogP contribution in [0.25, 0.3) is 0 Å². The molecule has 3 heteroatoms. The number of hydrogen-bond donors (Lipinski definition) is 1. The zero-order valence-electron chi connectivity index (χ0n) is 13.0. The number of rotatable bonds is 8. The van der Waals surface area contributed by atoms with E-state index in [1.165, 1.54) is 24.0 Å². The molecule has 112 valence electrons. The average Bonchev–Trinajstić information content (AvgIpc) is 3.21. The molecule has 0 aliphatic heterocycles. The number of hydrogen-bond acceptors (Lipinski definition) is 3. The summed E-state index contributed by atoms with van der Waals surface area (Å²) in [5.41, 5.74) is 8.85. The molecule has 0 heterocycles. The van der Waals surface area contributed by atoms with Crippen LogP contribution in [0.1, 0.15) is 36.9 Å². The molecule has 1 aromatic rings. The van der Waals surface area contributed by atoms with Crippen LogP contribution in [0.5, 0.6) is 0 Å². The fraction of sp³-hybridized carbons (Fsp3) is 0.647. The molecule has 0 spiro atoms. The molecule has 1 aliphatic carbocycles. The first-order chi connectivity index (χ1) is 9.59. The Labute approximate surface area is 123 Å². The third kappa shape index (κ3) is 4.30. The van der Waals surface area contributed by atoms with Gasteiger partial charge < -0.3 is 10.5 Å². The molecule has 3 nitrogen and oxygen atoms in total. The van der Waals surface area contributed by atoms with Gasteiger partial charge in [-0.05, 0) is 50.8 Å². The van der Waals surface area contributed by atoms with E-state index >= 15 is 0 Å². The number of benzene rings is 1. The minimum absolute atomic E-state index is 0.101. The number of ether oxygens (including phenoxy) is 1. The Balaban J connectivity index is 1.91. The summed E-state index contributed by atoms with van der Waals surface area (Å²) in [6.45, 7) is 6.89. The quantitative estimate of drug-likeness (QED) is 0.742. The lowest BCUT2D eigenvalue weighted by molar-refractivity contribution is 0.0874. The molecule has 2 rings (SSSR count). The van der Waals surface area contributed by atoms with Crippen LogP contribution >= 0.6 is 0 Å². The lowest BCUT2D eigenvalue weighted by atomic mass is 9.95. The van der Waals surface area contributed by atoms with Gasteiger partial charge in [-0.15, -0.1) is 0 Å².